The second-order valence-electron chi connectivity index (χ2n) is 4.87. The number of hydrogen-bond donors (Lipinski definition) is 2. The Morgan fingerprint density at radius 1 is 1.45 bits per heavy atom. The third-order valence-corrected chi connectivity index (χ3v) is 3.53. The van der Waals surface area contributed by atoms with Gasteiger partial charge in [0.1, 0.15) is 5.56 Å². The first-order valence-corrected chi connectivity index (χ1v) is 6.30. The molecule has 7 heteroatoms. The van der Waals surface area contributed by atoms with Crippen LogP contribution in [0.1, 0.15) is 44.0 Å². The predicted molar refractivity (Wildman–Crippen MR) is 73.9 cm³/mol. The number of nitrogens with one attached hydrogen (secondary N) is 1. The fourth-order valence-corrected chi connectivity index (χ4v) is 1.68. The summed E-state index contributed by atoms with van der Waals surface area (Å²) in [6.07, 6.45) is 1.33. The molecule has 1 amide bonds. The summed E-state index contributed by atoms with van der Waals surface area (Å²) in [5.74, 6) is -1.54. The summed E-state index contributed by atoms with van der Waals surface area (Å²) in [6.45, 7) is 5.64. The van der Waals surface area contributed by atoms with Crippen LogP contribution in [-0.2, 0) is 0 Å². The van der Waals surface area contributed by atoms with E-state index in [0.717, 1.165) is 6.07 Å². The molecular weight excluding hydrogens is 265 g/mol. The third kappa shape index (κ3) is 3.23. The van der Waals surface area contributed by atoms with Gasteiger partial charge in [0, 0.05) is 5.54 Å². The molecule has 0 aliphatic heterocycles. The number of nitrogens with two attached hydrogens (primary N) is 1. The second-order valence-corrected chi connectivity index (χ2v) is 4.87. The van der Waals surface area contributed by atoms with Crippen LogP contribution in [0.2, 0.25) is 0 Å². The molecule has 0 aliphatic rings. The Kier molecular flexibility index (Phi) is 4.65. The van der Waals surface area contributed by atoms with Crippen LogP contribution in [0.5, 0.6) is 0 Å². The molecule has 3 N–H and O–H groups in total. The van der Waals surface area contributed by atoms with Crippen molar-refractivity contribution in [3.8, 4) is 0 Å². The highest BCUT2D eigenvalue weighted by atomic mass is 19.1. The van der Waals surface area contributed by atoms with E-state index in [0.29, 0.717) is 18.9 Å². The Morgan fingerprint density at radius 2 is 2.00 bits per heavy atom. The van der Waals surface area contributed by atoms with Crippen molar-refractivity contribution in [1.82, 2.24) is 5.32 Å². The minimum absolute atomic E-state index is 0.234. The number of carbonyl (C=O) groups excluding carboxylic acids is 1. The lowest BCUT2D eigenvalue weighted by Crippen LogP contribution is -2.45. The summed E-state index contributed by atoms with van der Waals surface area (Å²) in [4.78, 5) is 22.3. The fraction of sp³-hybridized carbons (Fsp3) is 0.462. The molecule has 0 spiro atoms. The lowest BCUT2D eigenvalue weighted by Gasteiger charge is -2.28. The Labute approximate surface area is 116 Å². The molecule has 0 radical (unpaired) electrons. The first-order valence-electron chi connectivity index (χ1n) is 6.30. The number of nitrogen functional groups attached to an aromatic ring is 1. The van der Waals surface area contributed by atoms with Crippen LogP contribution in [-0.4, -0.2) is 16.4 Å². The number of nitro benzene ring substituents is 1. The first-order chi connectivity index (χ1) is 9.24. The zero-order valence-corrected chi connectivity index (χ0v) is 11.7. The van der Waals surface area contributed by atoms with Gasteiger partial charge in [0.15, 0.2) is 5.82 Å². The number of halogens is 1. The number of amides is 1. The van der Waals surface area contributed by atoms with Crippen molar-refractivity contribution in [2.24, 2.45) is 0 Å². The molecule has 1 rings (SSSR count). The number of benzene rings is 1. The molecule has 110 valence electrons. The topological polar surface area (TPSA) is 98.3 Å². The average Bonchev–Trinajstić information content (AvgIpc) is 2.40. The monoisotopic (exact) mass is 283 g/mol. The minimum atomic E-state index is -0.915. The van der Waals surface area contributed by atoms with Gasteiger partial charge in [0.05, 0.1) is 16.7 Å². The maximum Gasteiger partial charge on any atom is 0.285 e. The van der Waals surface area contributed by atoms with E-state index in [2.05, 4.69) is 5.32 Å². The smallest absolute Gasteiger partial charge is 0.285 e. The number of rotatable bonds is 5. The molecule has 0 atom stereocenters. The molecule has 0 saturated heterocycles. The first kappa shape index (κ1) is 15.9. The van der Waals surface area contributed by atoms with Gasteiger partial charge in [-0.15, -0.1) is 0 Å². The summed E-state index contributed by atoms with van der Waals surface area (Å²) < 4.78 is 13.3. The summed E-state index contributed by atoms with van der Waals surface area (Å²) in [5.41, 5.74) is 3.78. The van der Waals surface area contributed by atoms with Gasteiger partial charge in [-0.3, -0.25) is 14.9 Å². The highest BCUT2D eigenvalue weighted by Gasteiger charge is 2.28. The average molecular weight is 283 g/mol. The maximum atomic E-state index is 13.3. The summed E-state index contributed by atoms with van der Waals surface area (Å²) in [5, 5.41) is 13.6. The quantitative estimate of drug-likeness (QED) is 0.493. The summed E-state index contributed by atoms with van der Waals surface area (Å²) in [7, 11) is 0. The van der Waals surface area contributed by atoms with E-state index >= 15 is 0 Å². The van der Waals surface area contributed by atoms with Gasteiger partial charge in [-0.05, 0) is 25.8 Å². The molecule has 0 unspecified atom stereocenters. The molecule has 1 aromatic rings. The van der Waals surface area contributed by atoms with Crippen molar-refractivity contribution < 1.29 is 14.1 Å². The number of hydrogen-bond acceptors (Lipinski definition) is 4. The minimum Gasteiger partial charge on any atom is -0.396 e. The van der Waals surface area contributed by atoms with Gasteiger partial charge in [0.2, 0.25) is 0 Å². The van der Waals surface area contributed by atoms with E-state index in [9.17, 15) is 19.3 Å². The number of nitrogens with zero attached hydrogens (tertiary/aromatic N) is 1. The van der Waals surface area contributed by atoms with E-state index < -0.39 is 27.9 Å². The highest BCUT2D eigenvalue weighted by Crippen LogP contribution is 2.25. The van der Waals surface area contributed by atoms with Crippen molar-refractivity contribution >= 4 is 17.3 Å². The standard InChI is InChI=1S/C13H18FN3O3/c1-4-13(3,5-2)16-12(18)8-6-10(15)9(14)7-11(8)17(19)20/h6-7H,4-5,15H2,1-3H3,(H,16,18). The molecule has 6 nitrogen and oxygen atoms in total. The van der Waals surface area contributed by atoms with Crippen LogP contribution in [0.4, 0.5) is 15.8 Å². The lowest BCUT2D eigenvalue weighted by atomic mass is 9.95. The van der Waals surface area contributed by atoms with Gasteiger partial charge in [-0.25, -0.2) is 4.39 Å². The van der Waals surface area contributed by atoms with Crippen molar-refractivity contribution in [3.05, 3.63) is 33.6 Å². The molecule has 0 heterocycles. The van der Waals surface area contributed by atoms with Crippen molar-refractivity contribution in [2.45, 2.75) is 39.2 Å². The zero-order valence-electron chi connectivity index (χ0n) is 11.7. The van der Waals surface area contributed by atoms with Crippen molar-refractivity contribution in [3.63, 3.8) is 0 Å². The van der Waals surface area contributed by atoms with Gasteiger partial charge in [0.25, 0.3) is 11.6 Å². The molecule has 1 aromatic carbocycles. The number of anilines is 1. The van der Waals surface area contributed by atoms with E-state index in [4.69, 9.17) is 5.73 Å². The molecule has 20 heavy (non-hydrogen) atoms. The van der Waals surface area contributed by atoms with E-state index in [1.54, 1.807) is 0 Å². The van der Waals surface area contributed by atoms with Crippen molar-refractivity contribution in [2.75, 3.05) is 5.73 Å². The largest absolute Gasteiger partial charge is 0.396 e. The molecular formula is C13H18FN3O3. The van der Waals surface area contributed by atoms with E-state index in [1.807, 2.05) is 20.8 Å². The van der Waals surface area contributed by atoms with Gasteiger partial charge in [-0.1, -0.05) is 13.8 Å². The van der Waals surface area contributed by atoms with E-state index in [1.165, 1.54) is 0 Å². The SMILES string of the molecule is CCC(C)(CC)NC(=O)c1cc(N)c(F)cc1[N+](=O)[O-]. The maximum absolute atomic E-state index is 13.3. The van der Waals surface area contributed by atoms with Crippen molar-refractivity contribution in [1.29, 1.82) is 0 Å². The lowest BCUT2D eigenvalue weighted by molar-refractivity contribution is -0.385. The molecule has 0 saturated carbocycles. The number of carbonyl (C=O) groups is 1. The fourth-order valence-electron chi connectivity index (χ4n) is 1.68. The van der Waals surface area contributed by atoms with Crippen LogP contribution in [0.15, 0.2) is 12.1 Å². The van der Waals surface area contributed by atoms with Gasteiger partial charge < -0.3 is 11.1 Å². The predicted octanol–water partition coefficient (Wildman–Crippen LogP) is 2.62. The van der Waals surface area contributed by atoms with E-state index in [-0.39, 0.29) is 11.3 Å². The molecule has 0 aromatic heterocycles. The Bertz CT molecular complexity index is 542. The van der Waals surface area contributed by atoms with Crippen LogP contribution < -0.4 is 11.1 Å². The Balaban J connectivity index is 3.22. The second kappa shape index (κ2) is 5.85. The Morgan fingerprint density at radius 3 is 2.45 bits per heavy atom. The molecule has 0 bridgehead atoms. The third-order valence-electron chi connectivity index (χ3n) is 3.53. The summed E-state index contributed by atoms with van der Waals surface area (Å²) >= 11 is 0. The number of nitro groups is 1. The van der Waals surface area contributed by atoms with Crippen LogP contribution in [0.25, 0.3) is 0 Å². The van der Waals surface area contributed by atoms with Gasteiger partial charge >= 0.3 is 0 Å². The van der Waals surface area contributed by atoms with Crippen LogP contribution in [0.3, 0.4) is 0 Å². The summed E-state index contributed by atoms with van der Waals surface area (Å²) in [6, 6.07) is 1.66. The Hall–Kier alpha value is -2.18. The molecule has 0 aliphatic carbocycles. The normalized spacial score (nSPS) is 11.2. The zero-order chi connectivity index (χ0) is 15.5. The van der Waals surface area contributed by atoms with Crippen LogP contribution >= 0.6 is 0 Å². The highest BCUT2D eigenvalue weighted by molar-refractivity contribution is 5.99. The van der Waals surface area contributed by atoms with Crippen LogP contribution in [0, 0.1) is 15.9 Å². The van der Waals surface area contributed by atoms with Gasteiger partial charge in [-0.2, -0.15) is 0 Å². The molecule has 0 fully saturated rings.